The molecule has 2 fully saturated rings. The van der Waals surface area contributed by atoms with Crippen molar-refractivity contribution in [1.82, 2.24) is 15.2 Å². The predicted octanol–water partition coefficient (Wildman–Crippen LogP) is 3.81. The predicted molar refractivity (Wildman–Crippen MR) is 159 cm³/mol. The minimum Gasteiger partial charge on any atom is -0.295 e. The number of thioether (sulfide) groups is 1. The molecule has 3 aromatic rings. The molecule has 3 aliphatic heterocycles. The Balaban J connectivity index is 1.28. The molecular weight excluding hydrogens is 564 g/mol. The average Bonchev–Trinajstić information content (AvgIpc) is 3.44. The van der Waals surface area contributed by atoms with Crippen molar-refractivity contribution in [3.8, 4) is 0 Å². The summed E-state index contributed by atoms with van der Waals surface area (Å²) in [5.74, 6) is -0.179. The Kier molecular flexibility index (Phi) is 7.37. The van der Waals surface area contributed by atoms with Gasteiger partial charge in [0.05, 0.1) is 24.7 Å². The number of benzene rings is 3. The number of para-hydroxylation sites is 1. The van der Waals surface area contributed by atoms with Crippen LogP contribution in [0.25, 0.3) is 0 Å². The molecule has 10 nitrogen and oxygen atoms in total. The number of nitrogens with one attached hydrogen (secondary N) is 1. The van der Waals surface area contributed by atoms with Crippen LogP contribution in [-0.2, 0) is 21.0 Å². The summed E-state index contributed by atoms with van der Waals surface area (Å²) in [4.78, 5) is 43.7. The fourth-order valence-electron chi connectivity index (χ4n) is 5.82. The van der Waals surface area contributed by atoms with Crippen LogP contribution in [0.3, 0.4) is 0 Å². The molecule has 3 heterocycles. The average molecular weight is 593 g/mol. The number of hydrogen-bond acceptors (Lipinski definition) is 7. The van der Waals surface area contributed by atoms with Crippen LogP contribution >= 0.6 is 23.4 Å². The molecule has 1 spiro atoms. The third-order valence-corrected chi connectivity index (χ3v) is 9.65. The number of nitrogens with zero attached hydrogens (tertiary/aromatic N) is 5. The number of aryl methyl sites for hydroxylation is 1. The van der Waals surface area contributed by atoms with Crippen LogP contribution in [0.2, 0.25) is 5.02 Å². The van der Waals surface area contributed by atoms with E-state index in [4.69, 9.17) is 11.6 Å². The molecule has 0 saturated carbocycles. The summed E-state index contributed by atoms with van der Waals surface area (Å²) in [5.41, 5.74) is 3.96. The Labute approximate surface area is 247 Å². The van der Waals surface area contributed by atoms with Gasteiger partial charge < -0.3 is 0 Å². The highest BCUT2D eigenvalue weighted by atomic mass is 35.5. The Hall–Kier alpha value is -3.64. The number of piperazine rings is 1. The first-order valence-electron chi connectivity index (χ1n) is 13.3. The number of carbonyl (C=O) groups excluding carboxylic acids is 2. The van der Waals surface area contributed by atoms with E-state index in [0.29, 0.717) is 30.3 Å². The lowest BCUT2D eigenvalue weighted by atomic mass is 10.0. The first-order chi connectivity index (χ1) is 19.8. The van der Waals surface area contributed by atoms with Crippen molar-refractivity contribution >= 4 is 46.6 Å². The van der Waals surface area contributed by atoms with Crippen molar-refractivity contribution in [2.24, 2.45) is 0 Å². The van der Waals surface area contributed by atoms with Crippen LogP contribution in [-0.4, -0.2) is 65.0 Å². The lowest BCUT2D eigenvalue weighted by Gasteiger charge is -2.39. The quantitative estimate of drug-likeness (QED) is 0.326. The Morgan fingerprint density at radius 2 is 1.83 bits per heavy atom. The second kappa shape index (κ2) is 11.0. The largest absolute Gasteiger partial charge is 0.295 e. The van der Waals surface area contributed by atoms with E-state index in [1.807, 2.05) is 67.6 Å². The number of carbonyl (C=O) groups is 2. The lowest BCUT2D eigenvalue weighted by Crippen LogP contribution is -2.62. The van der Waals surface area contributed by atoms with Gasteiger partial charge in [0.1, 0.15) is 0 Å². The highest BCUT2D eigenvalue weighted by Crippen LogP contribution is 2.55. The molecule has 2 amide bonds. The SMILES string of the molecule is Cc1cc(N2C(=O)CS[C@@]23C(=O)N(CN2CCN([N+](=O)[O-])[C@@H](NCc4ccccc4)C2)c2ccccc23)ccc1Cl. The Morgan fingerprint density at radius 1 is 1.07 bits per heavy atom. The molecule has 12 heteroatoms. The molecule has 2 saturated heterocycles. The van der Waals surface area contributed by atoms with E-state index in [-0.39, 0.29) is 35.8 Å². The van der Waals surface area contributed by atoms with E-state index >= 15 is 0 Å². The van der Waals surface area contributed by atoms with Crippen LogP contribution in [0.1, 0.15) is 16.7 Å². The monoisotopic (exact) mass is 592 g/mol. The van der Waals surface area contributed by atoms with Gasteiger partial charge in [0.25, 0.3) is 5.91 Å². The van der Waals surface area contributed by atoms with E-state index in [1.165, 1.54) is 16.8 Å². The van der Waals surface area contributed by atoms with Crippen LogP contribution < -0.4 is 15.1 Å². The van der Waals surface area contributed by atoms with Gasteiger partial charge in [-0.25, -0.2) is 10.1 Å². The molecular formula is C29H29ClN6O4S. The van der Waals surface area contributed by atoms with Crippen molar-refractivity contribution in [2.45, 2.75) is 24.5 Å². The number of hydrazine groups is 1. The molecule has 3 aromatic carbocycles. The van der Waals surface area contributed by atoms with Gasteiger partial charge in [-0.2, -0.15) is 0 Å². The van der Waals surface area contributed by atoms with Crippen molar-refractivity contribution in [3.05, 3.63) is 105 Å². The summed E-state index contributed by atoms with van der Waals surface area (Å²) in [6.45, 7) is 3.56. The molecule has 212 valence electrons. The molecule has 0 unspecified atom stereocenters. The van der Waals surface area contributed by atoms with Crippen LogP contribution in [0, 0.1) is 17.0 Å². The smallest absolute Gasteiger partial charge is 0.269 e. The molecule has 0 aromatic heterocycles. The second-order valence-corrected chi connectivity index (χ2v) is 11.9. The normalized spacial score (nSPS) is 22.6. The van der Waals surface area contributed by atoms with Crippen LogP contribution in [0.4, 0.5) is 11.4 Å². The zero-order chi connectivity index (χ0) is 28.7. The van der Waals surface area contributed by atoms with E-state index in [1.54, 1.807) is 21.9 Å². The summed E-state index contributed by atoms with van der Waals surface area (Å²) in [6.07, 6.45) is -0.545. The zero-order valence-electron chi connectivity index (χ0n) is 22.4. The van der Waals surface area contributed by atoms with Gasteiger partial charge in [-0.1, -0.05) is 60.1 Å². The number of rotatable bonds is 7. The zero-order valence-corrected chi connectivity index (χ0v) is 24.0. The summed E-state index contributed by atoms with van der Waals surface area (Å²) in [7, 11) is 0. The molecule has 0 aliphatic carbocycles. The Bertz CT molecular complexity index is 1510. The number of halogens is 1. The topological polar surface area (TPSA) is 102 Å². The number of hydrogen-bond donors (Lipinski definition) is 1. The second-order valence-electron chi connectivity index (χ2n) is 10.3. The van der Waals surface area contributed by atoms with E-state index in [9.17, 15) is 19.7 Å². The molecule has 3 aliphatic rings. The number of fused-ring (bicyclic) bond motifs is 2. The molecule has 0 radical (unpaired) electrons. The van der Waals surface area contributed by atoms with Gasteiger partial charge in [0, 0.05) is 35.9 Å². The minimum atomic E-state index is -1.23. The summed E-state index contributed by atoms with van der Waals surface area (Å²) < 4.78 is 0. The van der Waals surface area contributed by atoms with Gasteiger partial charge in [0.2, 0.25) is 10.8 Å². The molecule has 6 rings (SSSR count). The molecule has 1 N–H and O–H groups in total. The molecule has 0 bridgehead atoms. The van der Waals surface area contributed by atoms with Crippen molar-refractivity contribution in [3.63, 3.8) is 0 Å². The Morgan fingerprint density at radius 3 is 2.59 bits per heavy atom. The van der Waals surface area contributed by atoms with E-state index in [2.05, 4.69) is 10.2 Å². The van der Waals surface area contributed by atoms with Crippen molar-refractivity contribution in [1.29, 1.82) is 0 Å². The number of nitro groups is 1. The third-order valence-electron chi connectivity index (χ3n) is 7.84. The van der Waals surface area contributed by atoms with Crippen LogP contribution in [0.15, 0.2) is 72.8 Å². The standard InChI is InChI=1S/C29H29ClN6O4S/c1-20-15-22(11-12-24(20)30)35-27(37)18-41-29(35)23-9-5-6-10-25(23)33(28(29)38)19-32-13-14-34(36(39)40)26(17-32)31-16-21-7-3-2-4-8-21/h2-12,15,26,31H,13-14,16-19H2,1H3/t26-,29+/m1/s1. The molecule has 41 heavy (non-hydrogen) atoms. The summed E-state index contributed by atoms with van der Waals surface area (Å²) in [6, 6.07) is 22.7. The fraction of sp³-hybridized carbons (Fsp3) is 0.310. The van der Waals surface area contributed by atoms with Gasteiger partial charge in [-0.15, -0.1) is 16.8 Å². The maximum atomic E-state index is 14.4. The van der Waals surface area contributed by atoms with Crippen LogP contribution in [0.5, 0.6) is 0 Å². The third kappa shape index (κ3) is 4.82. The summed E-state index contributed by atoms with van der Waals surface area (Å²) >= 11 is 7.60. The first-order valence-corrected chi connectivity index (χ1v) is 14.7. The highest BCUT2D eigenvalue weighted by molar-refractivity contribution is 8.02. The fourth-order valence-corrected chi connectivity index (χ4v) is 7.30. The van der Waals surface area contributed by atoms with Gasteiger partial charge in [-0.05, 0) is 42.3 Å². The lowest BCUT2D eigenvalue weighted by molar-refractivity contribution is -0.668. The maximum absolute atomic E-state index is 14.4. The number of amides is 2. The van der Waals surface area contributed by atoms with E-state index < -0.39 is 11.0 Å². The number of anilines is 2. The molecule has 2 atom stereocenters. The first kappa shape index (κ1) is 27.5. The van der Waals surface area contributed by atoms with Crippen molar-refractivity contribution in [2.75, 3.05) is 41.9 Å². The maximum Gasteiger partial charge on any atom is 0.269 e. The highest BCUT2D eigenvalue weighted by Gasteiger charge is 2.61. The van der Waals surface area contributed by atoms with E-state index in [0.717, 1.165) is 22.4 Å². The van der Waals surface area contributed by atoms with Gasteiger partial charge in [0.15, 0.2) is 11.2 Å². The summed E-state index contributed by atoms with van der Waals surface area (Å²) in [5, 5.41) is 16.6. The van der Waals surface area contributed by atoms with Crippen molar-refractivity contribution < 1.29 is 14.6 Å². The van der Waals surface area contributed by atoms with Gasteiger partial charge >= 0.3 is 0 Å². The van der Waals surface area contributed by atoms with Gasteiger partial charge in [-0.3, -0.25) is 29.6 Å². The minimum absolute atomic E-state index is 0.147.